The molecule has 0 radical (unpaired) electrons. The number of halogens is 12. The molecule has 0 amide bonds. The third-order valence-electron chi connectivity index (χ3n) is 10.1. The van der Waals surface area contributed by atoms with Gasteiger partial charge < -0.3 is 19.1 Å². The summed E-state index contributed by atoms with van der Waals surface area (Å²) in [6, 6.07) is 0. The summed E-state index contributed by atoms with van der Waals surface area (Å²) in [6.45, 7) is 4.11. The molecule has 0 aromatic carbocycles. The number of alkyl halides is 12. The molecule has 2 atom stereocenters. The van der Waals surface area contributed by atoms with Crippen molar-refractivity contribution in [3.05, 3.63) is 23.3 Å². The van der Waals surface area contributed by atoms with Gasteiger partial charge in [0.2, 0.25) is 0 Å². The summed E-state index contributed by atoms with van der Waals surface area (Å²) in [7, 11) is 3.83. The van der Waals surface area contributed by atoms with Crippen LogP contribution < -0.4 is 0 Å². The van der Waals surface area contributed by atoms with E-state index in [2.05, 4.69) is 0 Å². The van der Waals surface area contributed by atoms with Crippen LogP contribution in [0.3, 0.4) is 0 Å². The van der Waals surface area contributed by atoms with Gasteiger partial charge in [-0.2, -0.15) is 52.7 Å². The lowest BCUT2D eigenvalue weighted by Gasteiger charge is -2.18. The van der Waals surface area contributed by atoms with E-state index in [9.17, 15) is 67.1 Å². The van der Waals surface area contributed by atoms with Gasteiger partial charge in [-0.05, 0) is 116 Å². The lowest BCUT2D eigenvalue weighted by Crippen LogP contribution is -2.26. The van der Waals surface area contributed by atoms with Crippen molar-refractivity contribution >= 4 is 17.9 Å². The molecule has 0 saturated heterocycles. The van der Waals surface area contributed by atoms with Crippen molar-refractivity contribution in [2.24, 2.45) is 11.8 Å². The van der Waals surface area contributed by atoms with E-state index in [1.165, 1.54) is 0 Å². The Morgan fingerprint density at radius 3 is 1.16 bits per heavy atom. The average Bonchev–Trinajstić information content (AvgIpc) is 3.11. The third-order valence-corrected chi connectivity index (χ3v) is 10.1. The molecule has 0 heterocycles. The van der Waals surface area contributed by atoms with E-state index >= 15 is 0 Å². The second-order valence-corrected chi connectivity index (χ2v) is 16.2. The van der Waals surface area contributed by atoms with Crippen LogP contribution in [0.1, 0.15) is 155 Å². The van der Waals surface area contributed by atoms with E-state index in [4.69, 9.17) is 14.2 Å². The smallest absolute Gasteiger partial charge is 0.420 e. The van der Waals surface area contributed by atoms with E-state index in [0.717, 1.165) is 57.9 Å². The molecule has 0 N–H and O–H groups in total. The van der Waals surface area contributed by atoms with Crippen LogP contribution in [0.25, 0.3) is 0 Å². The fourth-order valence-corrected chi connectivity index (χ4v) is 6.38. The predicted molar refractivity (Wildman–Crippen MR) is 211 cm³/mol. The summed E-state index contributed by atoms with van der Waals surface area (Å²) in [4.78, 5) is 38.7. The van der Waals surface area contributed by atoms with Crippen molar-refractivity contribution < 1.29 is 81.3 Å². The highest BCUT2D eigenvalue weighted by molar-refractivity contribution is 5.70. The second kappa shape index (κ2) is 31.0. The minimum Gasteiger partial charge on any atom is -0.466 e. The van der Waals surface area contributed by atoms with Gasteiger partial charge in [0.05, 0.1) is 13.2 Å². The monoisotopic (exact) mass is 921 g/mol. The molecule has 62 heavy (non-hydrogen) atoms. The number of carbonyl (C=O) groups is 3. The summed E-state index contributed by atoms with van der Waals surface area (Å²) < 4.78 is 168. The van der Waals surface area contributed by atoms with Gasteiger partial charge in [-0.25, -0.2) is 0 Å². The van der Waals surface area contributed by atoms with Gasteiger partial charge in [0.15, 0.2) is 0 Å². The second-order valence-electron chi connectivity index (χ2n) is 16.2. The number of hydrogen-bond donors (Lipinski definition) is 0. The maximum Gasteiger partial charge on any atom is 0.420 e. The highest BCUT2D eigenvalue weighted by atomic mass is 19.4. The lowest BCUT2D eigenvalue weighted by atomic mass is 10.0. The van der Waals surface area contributed by atoms with Crippen LogP contribution in [0.4, 0.5) is 52.7 Å². The molecule has 364 valence electrons. The standard InChI is InChI=1S/C43H67F12NO6/c1-32(18-15-22-35(40(44,45)46)41(47,48)49)27-30-60-37(57)24-13-9-5-7-11-20-34(62-39(59)26-17-29-56(3)4)21-12-8-6-10-14-25-38(58)61-31-28-33(2)19-16-23-36(42(50,51)52)43(53,54)55/h22-23,32-34H,5-21,24-31H2,1-4H3. The Morgan fingerprint density at radius 1 is 0.468 bits per heavy atom. The van der Waals surface area contributed by atoms with Crippen LogP contribution in [-0.4, -0.2) is 87.5 Å². The first-order valence-electron chi connectivity index (χ1n) is 21.6. The summed E-state index contributed by atoms with van der Waals surface area (Å²) in [5, 5.41) is 0. The van der Waals surface area contributed by atoms with E-state index in [1.54, 1.807) is 13.8 Å². The maximum atomic E-state index is 12.6. The Labute approximate surface area is 358 Å². The van der Waals surface area contributed by atoms with Gasteiger partial charge >= 0.3 is 42.6 Å². The molecule has 19 heteroatoms. The highest BCUT2D eigenvalue weighted by Gasteiger charge is 2.51. The van der Waals surface area contributed by atoms with Crippen molar-refractivity contribution in [2.45, 2.75) is 186 Å². The summed E-state index contributed by atoms with van der Waals surface area (Å²) in [5.41, 5.74) is -5.04. The van der Waals surface area contributed by atoms with Crippen molar-refractivity contribution in [2.75, 3.05) is 33.9 Å². The molecule has 0 aromatic rings. The van der Waals surface area contributed by atoms with E-state index in [0.29, 0.717) is 51.4 Å². The molecule has 2 unspecified atom stereocenters. The molecule has 0 bridgehead atoms. The lowest BCUT2D eigenvalue weighted by molar-refractivity contribution is -0.173. The zero-order chi connectivity index (χ0) is 47.4. The first-order chi connectivity index (χ1) is 28.7. The first-order valence-corrected chi connectivity index (χ1v) is 21.6. The predicted octanol–water partition coefficient (Wildman–Crippen LogP) is 13.5. The van der Waals surface area contributed by atoms with E-state index in [1.807, 2.05) is 19.0 Å². The molecule has 0 aromatic heterocycles. The van der Waals surface area contributed by atoms with Gasteiger partial charge in [-0.15, -0.1) is 0 Å². The maximum absolute atomic E-state index is 12.6. The number of esters is 3. The Balaban J connectivity index is 4.40. The topological polar surface area (TPSA) is 82.1 Å². The number of ether oxygens (including phenoxy) is 3. The molecule has 0 aliphatic heterocycles. The minimum atomic E-state index is -5.48. The number of carbonyl (C=O) groups excluding carboxylic acids is 3. The van der Waals surface area contributed by atoms with Gasteiger partial charge in [0.25, 0.3) is 0 Å². The molecule has 0 spiro atoms. The molecule has 0 rings (SSSR count). The van der Waals surface area contributed by atoms with Crippen molar-refractivity contribution in [1.82, 2.24) is 4.90 Å². The van der Waals surface area contributed by atoms with Crippen LogP contribution in [-0.2, 0) is 28.6 Å². The summed E-state index contributed by atoms with van der Waals surface area (Å²) in [5.74, 6) is -1.60. The number of allylic oxidation sites excluding steroid dienone is 4. The Kier molecular flexibility index (Phi) is 29.5. The fraction of sp³-hybridized carbons (Fsp3) is 0.837. The average molecular weight is 922 g/mol. The third kappa shape index (κ3) is 31.8. The Hall–Kier alpha value is -2.99. The quantitative estimate of drug-likeness (QED) is 0.0213. The van der Waals surface area contributed by atoms with E-state index in [-0.39, 0.29) is 75.0 Å². The van der Waals surface area contributed by atoms with Crippen LogP contribution in [0.2, 0.25) is 0 Å². The zero-order valence-electron chi connectivity index (χ0n) is 36.5. The summed E-state index contributed by atoms with van der Waals surface area (Å²) in [6.07, 6.45) is -11.4. The molecule has 7 nitrogen and oxygen atoms in total. The van der Waals surface area contributed by atoms with Crippen LogP contribution in [0.5, 0.6) is 0 Å². The summed E-state index contributed by atoms with van der Waals surface area (Å²) >= 11 is 0. The minimum absolute atomic E-state index is 0.0212. The van der Waals surface area contributed by atoms with Gasteiger partial charge in [0, 0.05) is 19.3 Å². The van der Waals surface area contributed by atoms with Gasteiger partial charge in [0.1, 0.15) is 17.3 Å². The van der Waals surface area contributed by atoms with Crippen molar-refractivity contribution in [3.63, 3.8) is 0 Å². The van der Waals surface area contributed by atoms with Crippen molar-refractivity contribution in [1.29, 1.82) is 0 Å². The van der Waals surface area contributed by atoms with Crippen LogP contribution in [0, 0.1) is 11.8 Å². The van der Waals surface area contributed by atoms with Gasteiger partial charge in [-0.3, -0.25) is 14.4 Å². The fourth-order valence-electron chi connectivity index (χ4n) is 6.38. The number of hydrogen-bond acceptors (Lipinski definition) is 7. The number of unbranched alkanes of at least 4 members (excludes halogenated alkanes) is 8. The van der Waals surface area contributed by atoms with E-state index < -0.39 is 60.6 Å². The van der Waals surface area contributed by atoms with Crippen LogP contribution >= 0.6 is 0 Å². The largest absolute Gasteiger partial charge is 0.466 e. The SMILES string of the molecule is CC(CCC=C(C(F)(F)F)C(F)(F)F)CCOC(=O)CCCCCCCC(CCCCCCCC(=O)OCCC(C)CCC=C(C(F)(F)F)C(F)(F)F)OC(=O)CCCN(C)C. The molecule has 0 saturated carbocycles. The molecular weight excluding hydrogens is 854 g/mol. The number of nitrogens with zero attached hydrogens (tertiary/aromatic N) is 1. The van der Waals surface area contributed by atoms with Gasteiger partial charge in [-0.1, -0.05) is 64.5 Å². The first kappa shape index (κ1) is 59.0. The molecule has 0 aliphatic rings. The molecule has 0 aliphatic carbocycles. The van der Waals surface area contributed by atoms with Crippen LogP contribution in [0.15, 0.2) is 23.3 Å². The zero-order valence-corrected chi connectivity index (χ0v) is 36.5. The Morgan fingerprint density at radius 2 is 0.806 bits per heavy atom. The highest BCUT2D eigenvalue weighted by Crippen LogP contribution is 2.40. The molecule has 0 fully saturated rings. The van der Waals surface area contributed by atoms with Crippen molar-refractivity contribution in [3.8, 4) is 0 Å². The Bertz CT molecular complexity index is 1190. The normalized spacial score (nSPS) is 14.0. The number of rotatable bonds is 33. The molecular formula is C43H67F12NO6.